The summed E-state index contributed by atoms with van der Waals surface area (Å²) in [7, 11) is 0. The topological polar surface area (TPSA) is 102 Å². The molecule has 8 heteroatoms. The summed E-state index contributed by atoms with van der Waals surface area (Å²) in [6.45, 7) is 6.55. The van der Waals surface area contributed by atoms with Crippen LogP contribution in [-0.2, 0) is 11.2 Å². The van der Waals surface area contributed by atoms with Gasteiger partial charge in [0, 0.05) is 35.9 Å². The molecule has 7 nitrogen and oxygen atoms in total. The van der Waals surface area contributed by atoms with Crippen LogP contribution >= 0.6 is 0 Å². The van der Waals surface area contributed by atoms with Crippen LogP contribution in [0.3, 0.4) is 0 Å². The van der Waals surface area contributed by atoms with E-state index in [0.717, 1.165) is 13.0 Å². The third-order valence-electron chi connectivity index (χ3n) is 5.67. The molecule has 0 saturated carbocycles. The molecule has 0 fully saturated rings. The van der Waals surface area contributed by atoms with E-state index >= 15 is 0 Å². The Kier molecular flexibility index (Phi) is 6.60. The number of nitrogens with zero attached hydrogens (tertiary/aromatic N) is 3. The Morgan fingerprint density at radius 3 is 3.00 bits per heavy atom. The maximum Gasteiger partial charge on any atom is 0.252 e. The smallest absolute Gasteiger partial charge is 0.252 e. The Morgan fingerprint density at radius 1 is 1.53 bits per heavy atom. The van der Waals surface area contributed by atoms with E-state index in [9.17, 15) is 19.2 Å². The molecule has 1 aliphatic heterocycles. The van der Waals surface area contributed by atoms with Gasteiger partial charge < -0.3 is 10.3 Å². The number of halogens is 1. The third kappa shape index (κ3) is 4.56. The number of amides is 1. The molecule has 2 aromatic heterocycles. The molecule has 3 rings (SSSR count). The van der Waals surface area contributed by atoms with Gasteiger partial charge in [-0.3, -0.25) is 9.59 Å². The van der Waals surface area contributed by atoms with E-state index < -0.39 is 6.17 Å². The molecule has 2 N–H and O–H groups in total. The summed E-state index contributed by atoms with van der Waals surface area (Å²) in [6.07, 6.45) is 3.53. The number of nitriles is 1. The lowest BCUT2D eigenvalue weighted by Crippen LogP contribution is -2.52. The summed E-state index contributed by atoms with van der Waals surface area (Å²) in [5.41, 5.74) is 0.607. The van der Waals surface area contributed by atoms with Crippen LogP contribution < -0.4 is 10.9 Å². The summed E-state index contributed by atoms with van der Waals surface area (Å²) in [6, 6.07) is 4.96. The molecule has 1 amide bonds. The molecule has 0 aliphatic carbocycles. The fourth-order valence-electron chi connectivity index (χ4n) is 4.04. The van der Waals surface area contributed by atoms with Crippen molar-refractivity contribution in [2.24, 2.45) is 5.92 Å². The molecule has 4 atom stereocenters. The van der Waals surface area contributed by atoms with Crippen LogP contribution in [0.2, 0.25) is 0 Å². The Balaban J connectivity index is 1.77. The summed E-state index contributed by atoms with van der Waals surface area (Å²) < 4.78 is 16.1. The quantitative estimate of drug-likeness (QED) is 0.709. The van der Waals surface area contributed by atoms with Gasteiger partial charge in [0.25, 0.3) is 5.56 Å². The van der Waals surface area contributed by atoms with Crippen LogP contribution in [0.4, 0.5) is 4.39 Å². The lowest BCUT2D eigenvalue weighted by Gasteiger charge is -2.30. The number of rotatable bonds is 6. The highest BCUT2D eigenvalue weighted by atomic mass is 19.1. The number of H-pyrrole nitrogens is 1. The molecule has 0 radical (unpaired) electrons. The number of pyridine rings is 2. The van der Waals surface area contributed by atoms with Crippen LogP contribution in [-0.4, -0.2) is 51.5 Å². The second kappa shape index (κ2) is 9.16. The highest BCUT2D eigenvalue weighted by molar-refractivity contribution is 5.85. The number of alkyl halides is 1. The second-order valence-corrected chi connectivity index (χ2v) is 8.00. The predicted octanol–water partition coefficient (Wildman–Crippen LogP) is 2.08. The minimum absolute atomic E-state index is 0.000166. The number of nitrogens with one attached hydrogen (secondary N) is 2. The number of hydrogen-bond donors (Lipinski definition) is 2. The average Bonchev–Trinajstić information content (AvgIpc) is 2.70. The van der Waals surface area contributed by atoms with Crippen molar-refractivity contribution in [2.45, 2.75) is 58.3 Å². The summed E-state index contributed by atoms with van der Waals surface area (Å²) >= 11 is 0. The van der Waals surface area contributed by atoms with Crippen LogP contribution in [0.1, 0.15) is 44.9 Å². The van der Waals surface area contributed by atoms with Gasteiger partial charge in [0.2, 0.25) is 5.91 Å². The van der Waals surface area contributed by atoms with Crippen LogP contribution in [0.5, 0.6) is 0 Å². The van der Waals surface area contributed by atoms with E-state index in [0.29, 0.717) is 17.3 Å². The van der Waals surface area contributed by atoms with Gasteiger partial charge >= 0.3 is 0 Å². The van der Waals surface area contributed by atoms with Gasteiger partial charge in [0.05, 0.1) is 18.0 Å². The number of aromatic nitrogens is 2. The zero-order chi connectivity index (χ0) is 21.8. The number of carbonyl (C=O) groups excluding carboxylic acids is 1. The first kappa shape index (κ1) is 21.6. The monoisotopic (exact) mass is 412 g/mol. The minimum Gasteiger partial charge on any atom is -0.347 e. The minimum atomic E-state index is -0.977. The highest BCUT2D eigenvalue weighted by Gasteiger charge is 2.37. The van der Waals surface area contributed by atoms with E-state index in [1.165, 1.54) is 6.20 Å². The van der Waals surface area contributed by atoms with Crippen molar-refractivity contribution in [3.8, 4) is 6.07 Å². The number of aromatic amines is 1. The van der Waals surface area contributed by atoms with Crippen LogP contribution in [0.15, 0.2) is 23.1 Å². The second-order valence-electron chi connectivity index (χ2n) is 8.00. The van der Waals surface area contributed by atoms with E-state index in [-0.39, 0.29) is 47.1 Å². The van der Waals surface area contributed by atoms with Gasteiger partial charge in [-0.2, -0.15) is 5.26 Å². The van der Waals surface area contributed by atoms with Gasteiger partial charge in [-0.25, -0.2) is 13.9 Å². The average molecular weight is 412 g/mol. The molecule has 3 heterocycles. The fourth-order valence-corrected chi connectivity index (χ4v) is 4.04. The molecule has 30 heavy (non-hydrogen) atoms. The zero-order valence-electron chi connectivity index (χ0n) is 17.5. The molecule has 1 aliphatic rings. The molecule has 0 spiro atoms. The van der Waals surface area contributed by atoms with Crippen molar-refractivity contribution in [1.82, 2.24) is 15.3 Å². The number of carbonyl (C=O) groups is 1. The summed E-state index contributed by atoms with van der Waals surface area (Å²) in [5.74, 6) is -0.399. The molecule has 2 aromatic rings. The van der Waals surface area contributed by atoms with Gasteiger partial charge in [-0.1, -0.05) is 13.8 Å². The van der Waals surface area contributed by atoms with Crippen LogP contribution in [0, 0.1) is 17.2 Å². The first-order valence-electron chi connectivity index (χ1n) is 10.3. The van der Waals surface area contributed by atoms with Crippen LogP contribution in [0.25, 0.3) is 10.9 Å². The molecule has 0 saturated heterocycles. The number of fused-ring (bicyclic) bond motifs is 1. The first-order chi connectivity index (χ1) is 14.3. The summed E-state index contributed by atoms with van der Waals surface area (Å²) in [5, 5.41) is 12.7. The maximum absolute atomic E-state index is 14.1. The number of hydrogen-bond acceptors (Lipinski definition) is 4. The van der Waals surface area contributed by atoms with Gasteiger partial charge in [0.1, 0.15) is 18.3 Å². The Bertz CT molecular complexity index is 1070. The van der Waals surface area contributed by atoms with Crippen molar-refractivity contribution in [3.63, 3.8) is 0 Å². The van der Waals surface area contributed by atoms with Crippen molar-refractivity contribution >= 4 is 23.0 Å². The van der Waals surface area contributed by atoms with Gasteiger partial charge in [0.15, 0.2) is 18.4 Å². The molecule has 158 valence electrons. The highest BCUT2D eigenvalue weighted by Crippen LogP contribution is 2.22. The largest absolute Gasteiger partial charge is 0.347 e. The fraction of sp³-hybridized carbons (Fsp3) is 0.500. The predicted molar refractivity (Wildman–Crippen MR) is 112 cm³/mol. The lowest BCUT2D eigenvalue weighted by atomic mass is 9.90. The molecule has 0 aromatic carbocycles. The molecule has 3 unspecified atom stereocenters. The Morgan fingerprint density at radius 2 is 2.30 bits per heavy atom. The van der Waals surface area contributed by atoms with E-state index in [1.807, 2.05) is 31.4 Å². The standard InChI is InChI=1S/C22H26FN5O2/c1-4-7-28-12-17(23)13(2)8-20(28)14(3)26-21(29)10-15-9-16-18(27-22(15)30)5-6-25-19(16)11-24/h5-6,9,12-14,17,20H,4,7-8,10H2,1-3H3,(H-,25,26,27,29,30)/p+1/t13?,14-,17?,20?/m0/s1. The Labute approximate surface area is 174 Å². The third-order valence-corrected chi connectivity index (χ3v) is 5.67. The van der Waals surface area contributed by atoms with E-state index in [2.05, 4.69) is 15.3 Å². The van der Waals surface area contributed by atoms with Gasteiger partial charge in [-0.05, 0) is 19.1 Å². The Hall–Kier alpha value is -3.08. The van der Waals surface area contributed by atoms with Crippen molar-refractivity contribution in [3.05, 3.63) is 39.9 Å². The molecular formula is C22H27FN5O2+. The molecular weight excluding hydrogens is 385 g/mol. The van der Waals surface area contributed by atoms with Crippen molar-refractivity contribution in [1.29, 1.82) is 5.26 Å². The normalized spacial score (nSPS) is 22.2. The lowest BCUT2D eigenvalue weighted by molar-refractivity contribution is -0.574. The summed E-state index contributed by atoms with van der Waals surface area (Å²) in [4.78, 5) is 31.8. The van der Waals surface area contributed by atoms with Crippen molar-refractivity contribution in [2.75, 3.05) is 6.54 Å². The molecule has 0 bridgehead atoms. The van der Waals surface area contributed by atoms with E-state index in [4.69, 9.17) is 0 Å². The van der Waals surface area contributed by atoms with Gasteiger partial charge in [-0.15, -0.1) is 0 Å². The SMILES string of the molecule is CCC[N+]1=CC(F)C(C)CC1[C@H](C)NC(=O)Cc1cc2c(C#N)nccc2[nH]c1=O. The maximum atomic E-state index is 14.1. The zero-order valence-corrected chi connectivity index (χ0v) is 17.5. The van der Waals surface area contributed by atoms with E-state index in [1.54, 1.807) is 18.3 Å². The first-order valence-corrected chi connectivity index (χ1v) is 10.3. The van der Waals surface area contributed by atoms with Crippen molar-refractivity contribution < 1.29 is 13.8 Å².